The van der Waals surface area contributed by atoms with Crippen molar-refractivity contribution in [3.8, 4) is 11.5 Å². The van der Waals surface area contributed by atoms with Crippen LogP contribution in [0.2, 0.25) is 0 Å². The Balaban J connectivity index is 0.00000576. The largest absolute Gasteiger partial charge is 1.00 e. The van der Waals surface area contributed by atoms with Gasteiger partial charge in [-0.25, -0.2) is 8.42 Å². The van der Waals surface area contributed by atoms with Crippen LogP contribution in [0.15, 0.2) is 17.0 Å². The first kappa shape index (κ1) is 24.7. The molecule has 1 aromatic rings. The topological polar surface area (TPSA) is 84.9 Å². The van der Waals surface area contributed by atoms with Crippen molar-refractivity contribution in [2.45, 2.75) is 51.5 Å². The van der Waals surface area contributed by atoms with E-state index in [0.717, 1.165) is 0 Å². The van der Waals surface area contributed by atoms with Crippen molar-refractivity contribution in [3.63, 3.8) is 0 Å². The van der Waals surface area contributed by atoms with Gasteiger partial charge in [-0.3, -0.25) is 0 Å². The molecule has 0 aliphatic rings. The molecule has 138 valence electrons. The summed E-state index contributed by atoms with van der Waals surface area (Å²) >= 11 is 0. The van der Waals surface area contributed by atoms with Crippen LogP contribution in [0.3, 0.4) is 0 Å². The summed E-state index contributed by atoms with van der Waals surface area (Å²) in [5.74, 6) is 1.10. The van der Waals surface area contributed by atoms with E-state index in [-0.39, 0.29) is 46.3 Å². The summed E-state index contributed by atoms with van der Waals surface area (Å²) < 4.78 is 51.1. The van der Waals surface area contributed by atoms with E-state index in [4.69, 9.17) is 14.2 Å². The van der Waals surface area contributed by atoms with Crippen molar-refractivity contribution in [3.05, 3.63) is 17.7 Å². The van der Waals surface area contributed by atoms with Gasteiger partial charge >= 0.3 is 29.6 Å². The summed E-state index contributed by atoms with van der Waals surface area (Å²) in [6.45, 7) is 8.89. The van der Waals surface area contributed by atoms with Gasteiger partial charge in [-0.2, -0.15) is 0 Å². The third kappa shape index (κ3) is 8.75. The summed E-state index contributed by atoms with van der Waals surface area (Å²) in [7, 11) is -3.12. The van der Waals surface area contributed by atoms with E-state index in [0.29, 0.717) is 43.3 Å². The van der Waals surface area contributed by atoms with Crippen molar-refractivity contribution in [1.29, 1.82) is 0 Å². The van der Waals surface area contributed by atoms with Gasteiger partial charge in [0.1, 0.15) is 10.1 Å². The Morgan fingerprint density at radius 3 is 2.24 bits per heavy atom. The van der Waals surface area contributed by atoms with Crippen molar-refractivity contribution in [2.75, 3.05) is 20.3 Å². The minimum absolute atomic E-state index is 0. The molecule has 0 bridgehead atoms. The molecule has 0 radical (unpaired) electrons. The normalized spacial score (nSPS) is 11.5. The van der Waals surface area contributed by atoms with Crippen molar-refractivity contribution >= 4 is 10.1 Å². The molecule has 0 aliphatic carbocycles. The summed E-state index contributed by atoms with van der Waals surface area (Å²) in [5.41, 5.74) is 0.422. The molecule has 0 saturated heterocycles. The molecule has 0 aliphatic heterocycles. The maximum absolute atomic E-state index is 11.6. The Bertz CT molecular complexity index is 628. The standard InChI is InChI=1S/C17H28O6S.Na/c1-12(2)11-22-8-6-7-14-9-15(21-5)16(23-13(3)4)10-17(14)24(18,19)20;/h9-10,12-13H,6-8,11H2,1-5H3,(H,18,19,20);/q;+1/p-1. The van der Waals surface area contributed by atoms with Crippen LogP contribution in [-0.4, -0.2) is 39.4 Å². The fraction of sp³-hybridized carbons (Fsp3) is 0.647. The number of methoxy groups -OCH3 is 1. The molecule has 6 nitrogen and oxygen atoms in total. The average Bonchev–Trinajstić information content (AvgIpc) is 2.45. The van der Waals surface area contributed by atoms with E-state index in [2.05, 4.69) is 13.8 Å². The fourth-order valence-corrected chi connectivity index (χ4v) is 2.93. The molecule has 1 aromatic carbocycles. The van der Waals surface area contributed by atoms with Gasteiger partial charge in [0.15, 0.2) is 11.5 Å². The molecule has 0 unspecified atom stereocenters. The van der Waals surface area contributed by atoms with Crippen LogP contribution in [0, 0.1) is 5.92 Å². The van der Waals surface area contributed by atoms with E-state index in [1.165, 1.54) is 13.2 Å². The van der Waals surface area contributed by atoms with Gasteiger partial charge < -0.3 is 18.8 Å². The average molecular weight is 382 g/mol. The zero-order chi connectivity index (χ0) is 18.3. The van der Waals surface area contributed by atoms with Crippen LogP contribution in [0.5, 0.6) is 11.5 Å². The molecule has 0 spiro atoms. The van der Waals surface area contributed by atoms with E-state index >= 15 is 0 Å². The summed E-state index contributed by atoms with van der Waals surface area (Å²) in [6, 6.07) is 2.82. The molecule has 0 saturated carbocycles. The minimum Gasteiger partial charge on any atom is -0.744 e. The second kappa shape index (κ2) is 11.4. The number of rotatable bonds is 10. The Hall–Kier alpha value is -0.310. The third-order valence-corrected chi connectivity index (χ3v) is 4.08. The first-order valence-corrected chi connectivity index (χ1v) is 9.47. The van der Waals surface area contributed by atoms with Gasteiger partial charge in [-0.1, -0.05) is 13.8 Å². The molecule has 25 heavy (non-hydrogen) atoms. The van der Waals surface area contributed by atoms with Crippen molar-refractivity contribution in [2.24, 2.45) is 5.92 Å². The van der Waals surface area contributed by atoms with Gasteiger partial charge in [0, 0.05) is 19.3 Å². The zero-order valence-electron chi connectivity index (χ0n) is 16.0. The Morgan fingerprint density at radius 2 is 1.76 bits per heavy atom. The van der Waals surface area contributed by atoms with Gasteiger partial charge in [-0.05, 0) is 44.2 Å². The van der Waals surface area contributed by atoms with Crippen LogP contribution in [-0.2, 0) is 21.3 Å². The Morgan fingerprint density at radius 1 is 1.12 bits per heavy atom. The monoisotopic (exact) mass is 382 g/mol. The SMILES string of the molecule is COc1cc(CCCOCC(C)C)c(S(=O)(=O)[O-])cc1OC(C)C.[Na+]. The molecule has 0 atom stereocenters. The number of benzene rings is 1. The van der Waals surface area contributed by atoms with Crippen molar-refractivity contribution < 1.29 is 56.7 Å². The molecular formula is C17H27NaO6S. The molecule has 0 aromatic heterocycles. The van der Waals surface area contributed by atoms with Gasteiger partial charge in [-0.15, -0.1) is 0 Å². The molecular weight excluding hydrogens is 355 g/mol. The molecule has 0 heterocycles. The number of aryl methyl sites for hydroxylation is 1. The molecule has 0 N–H and O–H groups in total. The van der Waals surface area contributed by atoms with Crippen LogP contribution in [0.4, 0.5) is 0 Å². The predicted molar refractivity (Wildman–Crippen MR) is 90.7 cm³/mol. The fourth-order valence-electron chi connectivity index (χ4n) is 2.20. The second-order valence-corrected chi connectivity index (χ2v) is 7.65. The molecule has 1 rings (SSSR count). The quantitative estimate of drug-likeness (QED) is 0.322. The third-order valence-electron chi connectivity index (χ3n) is 3.16. The summed E-state index contributed by atoms with van der Waals surface area (Å²) in [5, 5.41) is 0. The molecule has 0 fully saturated rings. The predicted octanol–water partition coefficient (Wildman–Crippen LogP) is -0.00430. The van der Waals surface area contributed by atoms with E-state index in [1.807, 2.05) is 13.8 Å². The zero-order valence-corrected chi connectivity index (χ0v) is 18.8. The maximum atomic E-state index is 11.6. The van der Waals surface area contributed by atoms with Crippen LogP contribution >= 0.6 is 0 Å². The first-order chi connectivity index (χ1) is 11.1. The number of hydrogen-bond donors (Lipinski definition) is 0. The number of hydrogen-bond acceptors (Lipinski definition) is 6. The van der Waals surface area contributed by atoms with Crippen LogP contribution in [0.1, 0.15) is 39.7 Å². The van der Waals surface area contributed by atoms with E-state index in [1.54, 1.807) is 6.07 Å². The minimum atomic E-state index is -4.60. The van der Waals surface area contributed by atoms with Gasteiger partial charge in [0.2, 0.25) is 0 Å². The smallest absolute Gasteiger partial charge is 0.744 e. The second-order valence-electron chi connectivity index (χ2n) is 6.30. The van der Waals surface area contributed by atoms with Gasteiger partial charge in [0.05, 0.1) is 18.1 Å². The van der Waals surface area contributed by atoms with Gasteiger partial charge in [0.25, 0.3) is 0 Å². The Kier molecular flexibility index (Phi) is 11.3. The summed E-state index contributed by atoms with van der Waals surface area (Å²) in [4.78, 5) is -0.261. The first-order valence-electron chi connectivity index (χ1n) is 8.06. The summed E-state index contributed by atoms with van der Waals surface area (Å²) in [6.07, 6.45) is 0.854. The molecule has 0 amide bonds. The van der Waals surface area contributed by atoms with E-state index < -0.39 is 10.1 Å². The molecule has 8 heteroatoms. The number of ether oxygens (including phenoxy) is 3. The maximum Gasteiger partial charge on any atom is 1.00 e. The van der Waals surface area contributed by atoms with E-state index in [9.17, 15) is 13.0 Å². The van der Waals surface area contributed by atoms with Crippen LogP contribution in [0.25, 0.3) is 0 Å². The van der Waals surface area contributed by atoms with Crippen LogP contribution < -0.4 is 39.0 Å². The van der Waals surface area contributed by atoms with Crippen molar-refractivity contribution in [1.82, 2.24) is 0 Å². The Labute approximate surface area is 173 Å².